The van der Waals surface area contributed by atoms with Crippen LogP contribution in [-0.4, -0.2) is 18.0 Å². The third-order valence-corrected chi connectivity index (χ3v) is 3.28. The Hall–Kier alpha value is -0.830. The molecule has 3 nitrogen and oxygen atoms in total. The summed E-state index contributed by atoms with van der Waals surface area (Å²) in [7, 11) is 0. The quantitative estimate of drug-likeness (QED) is 0.716. The first-order valence-electron chi connectivity index (χ1n) is 6.19. The maximum atomic E-state index is 11.7. The molecule has 3 atom stereocenters. The molecule has 1 aliphatic rings. The van der Waals surface area contributed by atoms with E-state index in [1.54, 1.807) is 6.08 Å². The Morgan fingerprint density at radius 1 is 1.44 bits per heavy atom. The number of hydrogen-bond donors (Lipinski definition) is 2. The molecule has 0 aliphatic heterocycles. The summed E-state index contributed by atoms with van der Waals surface area (Å²) in [6, 6.07) is -0.132. The molecule has 3 unspecified atom stereocenters. The zero-order chi connectivity index (χ0) is 12.1. The number of rotatable bonds is 4. The highest BCUT2D eigenvalue weighted by atomic mass is 16.2. The van der Waals surface area contributed by atoms with Gasteiger partial charge in [0.1, 0.15) is 0 Å². The number of carbonyl (C=O) groups is 1. The second kappa shape index (κ2) is 6.04. The average Bonchev–Trinajstić information content (AvgIpc) is 2.16. The van der Waals surface area contributed by atoms with Crippen LogP contribution in [0.4, 0.5) is 0 Å². The Morgan fingerprint density at radius 3 is 2.50 bits per heavy atom. The first-order valence-corrected chi connectivity index (χ1v) is 6.19. The summed E-state index contributed by atoms with van der Waals surface area (Å²) in [4.78, 5) is 11.7. The molecule has 1 rings (SSSR count). The maximum absolute atomic E-state index is 11.7. The van der Waals surface area contributed by atoms with Gasteiger partial charge in [0.05, 0.1) is 6.04 Å². The van der Waals surface area contributed by atoms with Gasteiger partial charge in [0.15, 0.2) is 0 Å². The third kappa shape index (κ3) is 3.97. The van der Waals surface area contributed by atoms with Crippen LogP contribution in [0.3, 0.4) is 0 Å². The van der Waals surface area contributed by atoms with E-state index in [2.05, 4.69) is 25.7 Å². The second-order valence-electron chi connectivity index (χ2n) is 5.25. The van der Waals surface area contributed by atoms with Crippen LogP contribution in [-0.2, 0) is 4.79 Å². The molecule has 1 fully saturated rings. The smallest absolute Gasteiger partial charge is 0.237 e. The van der Waals surface area contributed by atoms with Gasteiger partial charge in [0.2, 0.25) is 5.91 Å². The van der Waals surface area contributed by atoms with Gasteiger partial charge in [-0.1, -0.05) is 19.9 Å². The van der Waals surface area contributed by atoms with Gasteiger partial charge in [-0.3, -0.25) is 4.79 Å². The van der Waals surface area contributed by atoms with Crippen molar-refractivity contribution in [2.45, 2.75) is 51.6 Å². The lowest BCUT2D eigenvalue weighted by molar-refractivity contribution is -0.123. The van der Waals surface area contributed by atoms with Gasteiger partial charge < -0.3 is 11.1 Å². The number of nitrogens with two attached hydrogens (primary N) is 1. The lowest BCUT2D eigenvalue weighted by Crippen LogP contribution is -2.47. The van der Waals surface area contributed by atoms with E-state index in [4.69, 9.17) is 5.73 Å². The van der Waals surface area contributed by atoms with Crippen molar-refractivity contribution in [2.24, 2.45) is 17.6 Å². The highest BCUT2D eigenvalue weighted by molar-refractivity contribution is 5.81. The van der Waals surface area contributed by atoms with Crippen molar-refractivity contribution in [2.75, 3.05) is 0 Å². The van der Waals surface area contributed by atoms with Crippen molar-refractivity contribution in [3.63, 3.8) is 0 Å². The Balaban J connectivity index is 2.41. The summed E-state index contributed by atoms with van der Waals surface area (Å²) in [5, 5.41) is 3.05. The molecule has 0 bridgehead atoms. The van der Waals surface area contributed by atoms with Gasteiger partial charge in [0, 0.05) is 6.04 Å². The van der Waals surface area contributed by atoms with Crippen LogP contribution in [0.5, 0.6) is 0 Å². The van der Waals surface area contributed by atoms with Gasteiger partial charge in [-0.05, 0) is 37.5 Å². The molecule has 0 aromatic heterocycles. The summed E-state index contributed by atoms with van der Waals surface area (Å²) in [6.07, 6.45) is 5.67. The average molecular weight is 224 g/mol. The van der Waals surface area contributed by atoms with E-state index in [0.29, 0.717) is 24.3 Å². The summed E-state index contributed by atoms with van der Waals surface area (Å²) in [6.45, 7) is 8.09. The monoisotopic (exact) mass is 224 g/mol. The highest BCUT2D eigenvalue weighted by Gasteiger charge is 2.26. The fraction of sp³-hybridized carbons (Fsp3) is 0.769. The molecule has 1 saturated carbocycles. The molecule has 0 radical (unpaired) electrons. The third-order valence-electron chi connectivity index (χ3n) is 3.28. The van der Waals surface area contributed by atoms with Crippen LogP contribution >= 0.6 is 0 Å². The number of hydrogen-bond acceptors (Lipinski definition) is 2. The van der Waals surface area contributed by atoms with Gasteiger partial charge in [-0.15, -0.1) is 6.58 Å². The molecule has 1 amide bonds. The molecular weight excluding hydrogens is 200 g/mol. The molecule has 0 aromatic carbocycles. The molecule has 0 heterocycles. The summed E-state index contributed by atoms with van der Waals surface area (Å²) < 4.78 is 0. The SMILES string of the molecule is C=CCC(N)C(=O)NC1CC(C)CC(C)C1. The topological polar surface area (TPSA) is 55.1 Å². The molecule has 0 aromatic rings. The van der Waals surface area contributed by atoms with Crippen molar-refractivity contribution < 1.29 is 4.79 Å². The molecule has 0 spiro atoms. The van der Waals surface area contributed by atoms with E-state index in [1.165, 1.54) is 6.42 Å². The lowest BCUT2D eigenvalue weighted by atomic mass is 9.80. The standard InChI is InChI=1S/C13H24N2O/c1-4-5-12(14)13(16)15-11-7-9(2)6-10(3)8-11/h4,9-12H,1,5-8,14H2,2-3H3,(H,15,16). The van der Waals surface area contributed by atoms with E-state index >= 15 is 0 Å². The molecule has 1 aliphatic carbocycles. The maximum Gasteiger partial charge on any atom is 0.237 e. The van der Waals surface area contributed by atoms with Crippen LogP contribution in [0.1, 0.15) is 39.5 Å². The van der Waals surface area contributed by atoms with Crippen molar-refractivity contribution in [3.8, 4) is 0 Å². The summed E-state index contributed by atoms with van der Waals surface area (Å²) >= 11 is 0. The highest BCUT2D eigenvalue weighted by Crippen LogP contribution is 2.28. The van der Waals surface area contributed by atoms with Gasteiger partial charge in [-0.2, -0.15) is 0 Å². The van der Waals surface area contributed by atoms with Gasteiger partial charge in [0.25, 0.3) is 0 Å². The van der Waals surface area contributed by atoms with Crippen molar-refractivity contribution in [1.82, 2.24) is 5.32 Å². The molecule has 16 heavy (non-hydrogen) atoms. The fourth-order valence-electron chi connectivity index (χ4n) is 2.66. The Kier molecular flexibility index (Phi) is 5.00. The number of amides is 1. The van der Waals surface area contributed by atoms with Gasteiger partial charge >= 0.3 is 0 Å². The molecule has 0 saturated heterocycles. The van der Waals surface area contributed by atoms with Crippen LogP contribution in [0.2, 0.25) is 0 Å². The fourth-order valence-corrected chi connectivity index (χ4v) is 2.66. The van der Waals surface area contributed by atoms with Crippen molar-refractivity contribution in [1.29, 1.82) is 0 Å². The van der Waals surface area contributed by atoms with E-state index in [9.17, 15) is 4.79 Å². The Bertz CT molecular complexity index is 242. The largest absolute Gasteiger partial charge is 0.352 e. The first-order chi connectivity index (χ1) is 7.52. The summed E-state index contributed by atoms with van der Waals surface area (Å²) in [5.41, 5.74) is 5.73. The van der Waals surface area contributed by atoms with Crippen LogP contribution in [0.25, 0.3) is 0 Å². The zero-order valence-corrected chi connectivity index (χ0v) is 10.4. The predicted molar refractivity (Wildman–Crippen MR) is 66.9 cm³/mol. The Morgan fingerprint density at radius 2 is 2.00 bits per heavy atom. The van der Waals surface area contributed by atoms with Crippen LogP contribution in [0.15, 0.2) is 12.7 Å². The van der Waals surface area contributed by atoms with Crippen LogP contribution < -0.4 is 11.1 Å². The van der Waals surface area contributed by atoms with Crippen molar-refractivity contribution in [3.05, 3.63) is 12.7 Å². The normalized spacial score (nSPS) is 31.8. The van der Waals surface area contributed by atoms with E-state index < -0.39 is 6.04 Å². The van der Waals surface area contributed by atoms with Crippen LogP contribution in [0, 0.1) is 11.8 Å². The molecule has 3 N–H and O–H groups in total. The second-order valence-corrected chi connectivity index (χ2v) is 5.25. The minimum atomic E-state index is -0.440. The molecule has 92 valence electrons. The minimum Gasteiger partial charge on any atom is -0.352 e. The number of carbonyl (C=O) groups excluding carboxylic acids is 1. The van der Waals surface area contributed by atoms with E-state index in [1.807, 2.05) is 0 Å². The zero-order valence-electron chi connectivity index (χ0n) is 10.4. The molecule has 3 heteroatoms. The molecular formula is C13H24N2O. The van der Waals surface area contributed by atoms with Gasteiger partial charge in [-0.25, -0.2) is 0 Å². The lowest BCUT2D eigenvalue weighted by Gasteiger charge is -2.32. The van der Waals surface area contributed by atoms with Crippen molar-refractivity contribution >= 4 is 5.91 Å². The predicted octanol–water partition coefficient (Wildman–Crippen LogP) is 1.83. The van der Waals surface area contributed by atoms with E-state index in [-0.39, 0.29) is 5.91 Å². The Labute approximate surface area is 98.5 Å². The summed E-state index contributed by atoms with van der Waals surface area (Å²) in [5.74, 6) is 1.36. The van der Waals surface area contributed by atoms with E-state index in [0.717, 1.165) is 12.8 Å². The minimum absolute atomic E-state index is 0.0359. The first kappa shape index (κ1) is 13.2. The number of nitrogens with one attached hydrogen (secondary N) is 1.